The SMILES string of the molecule is C[Si](C)(C)C1=C(CO)C2C=CC1C2. The Kier molecular flexibility index (Phi) is 2.00. The molecule has 0 radical (unpaired) electrons. The van der Waals surface area contributed by atoms with Crippen LogP contribution in [0.3, 0.4) is 0 Å². The Bertz CT molecular complexity index is 283. The van der Waals surface area contributed by atoms with Crippen molar-refractivity contribution in [3.63, 3.8) is 0 Å². The van der Waals surface area contributed by atoms with Crippen molar-refractivity contribution in [2.24, 2.45) is 11.8 Å². The summed E-state index contributed by atoms with van der Waals surface area (Å²) in [6, 6.07) is 0. The minimum absolute atomic E-state index is 0.283. The predicted molar refractivity (Wildman–Crippen MR) is 58.2 cm³/mol. The van der Waals surface area contributed by atoms with Crippen molar-refractivity contribution in [3.05, 3.63) is 22.9 Å². The highest BCUT2D eigenvalue weighted by Gasteiger charge is 2.39. The highest BCUT2D eigenvalue weighted by molar-refractivity contribution is 6.83. The Morgan fingerprint density at radius 1 is 1.31 bits per heavy atom. The molecular formula is C11H18OSi. The third-order valence-corrected chi connectivity index (χ3v) is 5.53. The number of hydrogen-bond donors (Lipinski definition) is 1. The van der Waals surface area contributed by atoms with Crippen molar-refractivity contribution in [1.82, 2.24) is 0 Å². The number of aliphatic hydroxyl groups is 1. The van der Waals surface area contributed by atoms with Gasteiger partial charge >= 0.3 is 0 Å². The van der Waals surface area contributed by atoms with E-state index >= 15 is 0 Å². The summed E-state index contributed by atoms with van der Waals surface area (Å²) in [7, 11) is -1.19. The lowest BCUT2D eigenvalue weighted by molar-refractivity contribution is 0.322. The molecule has 2 bridgehead atoms. The molecule has 0 fully saturated rings. The van der Waals surface area contributed by atoms with Gasteiger partial charge in [-0.2, -0.15) is 0 Å². The number of fused-ring (bicyclic) bond motifs is 2. The van der Waals surface area contributed by atoms with Gasteiger partial charge in [0.05, 0.1) is 14.7 Å². The molecule has 2 rings (SSSR count). The van der Waals surface area contributed by atoms with Crippen LogP contribution in [0.2, 0.25) is 19.6 Å². The van der Waals surface area contributed by atoms with Gasteiger partial charge in [0.25, 0.3) is 0 Å². The molecule has 0 amide bonds. The fourth-order valence-electron chi connectivity index (χ4n) is 2.85. The van der Waals surface area contributed by atoms with Crippen LogP contribution in [0, 0.1) is 11.8 Å². The summed E-state index contributed by atoms with van der Waals surface area (Å²) >= 11 is 0. The average Bonchev–Trinajstić information content (AvgIpc) is 2.59. The monoisotopic (exact) mass is 194 g/mol. The summed E-state index contributed by atoms with van der Waals surface area (Å²) < 4.78 is 0. The maximum atomic E-state index is 9.35. The van der Waals surface area contributed by atoms with Gasteiger partial charge in [0, 0.05) is 5.92 Å². The number of aliphatic hydroxyl groups excluding tert-OH is 1. The van der Waals surface area contributed by atoms with Crippen LogP contribution in [0.25, 0.3) is 0 Å². The zero-order valence-corrected chi connectivity index (χ0v) is 9.67. The van der Waals surface area contributed by atoms with Crippen molar-refractivity contribution in [1.29, 1.82) is 0 Å². The Morgan fingerprint density at radius 3 is 2.38 bits per heavy atom. The highest BCUT2D eigenvalue weighted by atomic mass is 28.3. The summed E-state index contributed by atoms with van der Waals surface area (Å²) in [4.78, 5) is 0. The van der Waals surface area contributed by atoms with Crippen molar-refractivity contribution in [2.75, 3.05) is 6.61 Å². The quantitative estimate of drug-likeness (QED) is 0.528. The molecule has 0 aromatic rings. The first-order valence-corrected chi connectivity index (χ1v) is 8.56. The Labute approximate surface area is 81.2 Å². The topological polar surface area (TPSA) is 20.2 Å². The summed E-state index contributed by atoms with van der Waals surface area (Å²) in [5.41, 5.74) is 1.35. The van der Waals surface area contributed by atoms with Gasteiger partial charge in [-0.05, 0) is 17.9 Å². The van der Waals surface area contributed by atoms with E-state index in [0.717, 1.165) is 0 Å². The van der Waals surface area contributed by atoms with E-state index in [1.165, 1.54) is 12.0 Å². The lowest BCUT2D eigenvalue weighted by Gasteiger charge is -2.26. The molecule has 2 atom stereocenters. The average molecular weight is 194 g/mol. The lowest BCUT2D eigenvalue weighted by Crippen LogP contribution is -2.28. The van der Waals surface area contributed by atoms with Gasteiger partial charge in [-0.25, -0.2) is 0 Å². The van der Waals surface area contributed by atoms with E-state index in [9.17, 15) is 5.11 Å². The van der Waals surface area contributed by atoms with Crippen molar-refractivity contribution in [3.8, 4) is 0 Å². The fraction of sp³-hybridized carbons (Fsp3) is 0.636. The molecule has 0 aromatic carbocycles. The zero-order chi connectivity index (χ0) is 9.64. The molecule has 72 valence electrons. The normalized spacial score (nSPS) is 32.0. The van der Waals surface area contributed by atoms with Gasteiger partial charge in [0.15, 0.2) is 0 Å². The van der Waals surface area contributed by atoms with Gasteiger partial charge in [0.1, 0.15) is 0 Å². The first-order chi connectivity index (χ1) is 6.04. The molecule has 1 N–H and O–H groups in total. The minimum atomic E-state index is -1.19. The van der Waals surface area contributed by atoms with E-state index in [2.05, 4.69) is 31.8 Å². The summed E-state index contributed by atoms with van der Waals surface area (Å²) in [6.45, 7) is 7.43. The Hall–Kier alpha value is -0.343. The number of allylic oxidation sites excluding steroid dienone is 3. The van der Waals surface area contributed by atoms with Crippen LogP contribution < -0.4 is 0 Å². The van der Waals surface area contributed by atoms with Crippen LogP contribution in [0.4, 0.5) is 0 Å². The second-order valence-corrected chi connectivity index (χ2v) is 10.2. The first-order valence-electron chi connectivity index (χ1n) is 5.06. The third kappa shape index (κ3) is 1.32. The van der Waals surface area contributed by atoms with Crippen molar-refractivity contribution in [2.45, 2.75) is 26.1 Å². The molecule has 2 aliphatic rings. The van der Waals surface area contributed by atoms with Gasteiger partial charge in [-0.1, -0.05) is 37.0 Å². The van der Waals surface area contributed by atoms with E-state index in [1.54, 1.807) is 5.20 Å². The summed E-state index contributed by atoms with van der Waals surface area (Å²) in [6.07, 6.45) is 5.87. The van der Waals surface area contributed by atoms with Crippen LogP contribution in [0.15, 0.2) is 22.9 Å². The molecule has 0 saturated carbocycles. The minimum Gasteiger partial charge on any atom is -0.392 e. The Morgan fingerprint density at radius 2 is 1.92 bits per heavy atom. The van der Waals surface area contributed by atoms with Crippen molar-refractivity contribution < 1.29 is 5.11 Å². The second-order valence-electron chi connectivity index (χ2n) is 5.18. The maximum absolute atomic E-state index is 9.35. The first kappa shape index (κ1) is 9.22. The van der Waals surface area contributed by atoms with E-state index in [1.807, 2.05) is 0 Å². The van der Waals surface area contributed by atoms with E-state index in [0.29, 0.717) is 11.8 Å². The smallest absolute Gasteiger partial charge is 0.0733 e. The fourth-order valence-corrected chi connectivity index (χ4v) is 5.40. The van der Waals surface area contributed by atoms with Gasteiger partial charge in [-0.3, -0.25) is 0 Å². The Balaban J connectivity index is 2.39. The van der Waals surface area contributed by atoms with Gasteiger partial charge in [-0.15, -0.1) is 0 Å². The molecule has 2 heteroatoms. The molecule has 0 saturated heterocycles. The van der Waals surface area contributed by atoms with Crippen LogP contribution in [0.1, 0.15) is 6.42 Å². The molecule has 0 heterocycles. The van der Waals surface area contributed by atoms with Crippen LogP contribution in [-0.2, 0) is 0 Å². The van der Waals surface area contributed by atoms with Crippen molar-refractivity contribution >= 4 is 8.07 Å². The molecule has 0 aromatic heterocycles. The number of rotatable bonds is 2. The van der Waals surface area contributed by atoms with Crippen LogP contribution in [-0.4, -0.2) is 19.8 Å². The lowest BCUT2D eigenvalue weighted by atomic mass is 10.0. The standard InChI is InChI=1S/C11H18OSi/c1-13(2,3)11-9-5-4-8(6-9)10(11)7-12/h4-5,8-9,12H,6-7H2,1-3H3. The van der Waals surface area contributed by atoms with E-state index < -0.39 is 8.07 Å². The highest BCUT2D eigenvalue weighted by Crippen LogP contribution is 2.46. The predicted octanol–water partition coefficient (Wildman–Crippen LogP) is 2.36. The molecular weight excluding hydrogens is 176 g/mol. The molecule has 2 unspecified atom stereocenters. The van der Waals surface area contributed by atoms with E-state index in [-0.39, 0.29) is 6.61 Å². The molecule has 1 nitrogen and oxygen atoms in total. The molecule has 0 aliphatic heterocycles. The summed E-state index contributed by atoms with van der Waals surface area (Å²) in [5, 5.41) is 11.0. The van der Waals surface area contributed by atoms with Gasteiger partial charge in [0.2, 0.25) is 0 Å². The molecule has 0 spiro atoms. The second kappa shape index (κ2) is 2.82. The van der Waals surface area contributed by atoms with Crippen LogP contribution >= 0.6 is 0 Å². The maximum Gasteiger partial charge on any atom is 0.0733 e. The third-order valence-electron chi connectivity index (χ3n) is 3.23. The summed E-state index contributed by atoms with van der Waals surface area (Å²) in [5.74, 6) is 1.26. The van der Waals surface area contributed by atoms with Crippen LogP contribution in [0.5, 0.6) is 0 Å². The number of hydrogen-bond acceptors (Lipinski definition) is 1. The largest absolute Gasteiger partial charge is 0.392 e. The van der Waals surface area contributed by atoms with E-state index in [4.69, 9.17) is 0 Å². The molecule has 2 aliphatic carbocycles. The zero-order valence-electron chi connectivity index (χ0n) is 8.67. The van der Waals surface area contributed by atoms with Gasteiger partial charge < -0.3 is 5.11 Å². The molecule has 13 heavy (non-hydrogen) atoms.